The van der Waals surface area contributed by atoms with Gasteiger partial charge in [0.25, 0.3) is 0 Å². The van der Waals surface area contributed by atoms with Crippen molar-refractivity contribution in [2.24, 2.45) is 0 Å². The molecule has 2 aliphatic rings. The van der Waals surface area contributed by atoms with Gasteiger partial charge in [0.05, 0.1) is 17.8 Å². The fourth-order valence-electron chi connectivity index (χ4n) is 2.43. The molecule has 0 bridgehead atoms. The van der Waals surface area contributed by atoms with E-state index in [4.69, 9.17) is 5.73 Å². The largest absolute Gasteiger partial charge is 0.397 e. The van der Waals surface area contributed by atoms with Crippen LogP contribution in [0, 0.1) is 0 Å². The fraction of sp³-hybridized carbons (Fsp3) is 0.417. The minimum absolute atomic E-state index is 0.0151. The van der Waals surface area contributed by atoms with E-state index < -0.39 is 10.8 Å². The van der Waals surface area contributed by atoms with Crippen molar-refractivity contribution in [3.63, 3.8) is 0 Å². The highest BCUT2D eigenvalue weighted by molar-refractivity contribution is 7.85. The van der Waals surface area contributed by atoms with Crippen LogP contribution in [0.2, 0.25) is 0 Å². The number of carbonyl (C=O) groups excluding carboxylic acids is 1. The average molecular weight is 265 g/mol. The van der Waals surface area contributed by atoms with Gasteiger partial charge < -0.3 is 16.0 Å². The molecular weight excluding hydrogens is 250 g/mol. The molecule has 2 heterocycles. The number of hydrogen-bond acceptors (Lipinski definition) is 4. The van der Waals surface area contributed by atoms with E-state index in [0.29, 0.717) is 23.6 Å². The Morgan fingerprint density at radius 2 is 2.00 bits per heavy atom. The molecule has 1 aromatic rings. The normalized spacial score (nSPS) is 19.8. The third-order valence-electron chi connectivity index (χ3n) is 3.40. The van der Waals surface area contributed by atoms with Crippen LogP contribution in [0.4, 0.5) is 17.1 Å². The third-order valence-corrected chi connectivity index (χ3v) is 4.67. The van der Waals surface area contributed by atoms with E-state index in [2.05, 4.69) is 10.2 Å². The van der Waals surface area contributed by atoms with Gasteiger partial charge in [-0.2, -0.15) is 0 Å². The first-order valence-electron chi connectivity index (χ1n) is 5.95. The summed E-state index contributed by atoms with van der Waals surface area (Å²) in [5.74, 6) is 1.38. The molecule has 1 fully saturated rings. The van der Waals surface area contributed by atoms with Crippen molar-refractivity contribution in [1.29, 1.82) is 0 Å². The molecule has 0 unspecified atom stereocenters. The number of nitrogens with two attached hydrogens (primary N) is 1. The van der Waals surface area contributed by atoms with E-state index in [-0.39, 0.29) is 5.91 Å². The van der Waals surface area contributed by atoms with Crippen LogP contribution in [0.5, 0.6) is 0 Å². The van der Waals surface area contributed by atoms with E-state index in [1.165, 1.54) is 0 Å². The molecule has 3 N–H and O–H groups in total. The van der Waals surface area contributed by atoms with Gasteiger partial charge in [-0.1, -0.05) is 0 Å². The number of anilines is 3. The van der Waals surface area contributed by atoms with Crippen molar-refractivity contribution in [3.8, 4) is 0 Å². The van der Waals surface area contributed by atoms with E-state index in [1.54, 1.807) is 0 Å². The molecule has 0 aliphatic carbocycles. The number of rotatable bonds is 1. The van der Waals surface area contributed by atoms with Gasteiger partial charge in [-0.3, -0.25) is 9.00 Å². The Labute approximate surface area is 108 Å². The zero-order chi connectivity index (χ0) is 12.7. The van der Waals surface area contributed by atoms with Gasteiger partial charge in [0, 0.05) is 41.1 Å². The van der Waals surface area contributed by atoms with Gasteiger partial charge in [-0.05, 0) is 17.7 Å². The molecule has 1 saturated heterocycles. The lowest BCUT2D eigenvalue weighted by Gasteiger charge is -2.29. The van der Waals surface area contributed by atoms with Crippen molar-refractivity contribution in [2.45, 2.75) is 6.42 Å². The fourth-order valence-corrected chi connectivity index (χ4v) is 3.49. The number of fused-ring (bicyclic) bond motifs is 1. The summed E-state index contributed by atoms with van der Waals surface area (Å²) < 4.78 is 11.4. The van der Waals surface area contributed by atoms with Crippen LogP contribution in [0.1, 0.15) is 5.56 Å². The first kappa shape index (κ1) is 11.5. The average Bonchev–Trinajstić information content (AvgIpc) is 2.68. The van der Waals surface area contributed by atoms with Crippen LogP contribution in [0.15, 0.2) is 12.1 Å². The Kier molecular flexibility index (Phi) is 2.74. The summed E-state index contributed by atoms with van der Waals surface area (Å²) in [6, 6.07) is 3.80. The number of carbonyl (C=O) groups is 1. The maximum atomic E-state index is 11.4. The van der Waals surface area contributed by atoms with Crippen molar-refractivity contribution < 1.29 is 9.00 Å². The molecule has 0 saturated carbocycles. The highest BCUT2D eigenvalue weighted by atomic mass is 32.2. The Morgan fingerprint density at radius 3 is 2.72 bits per heavy atom. The molecule has 6 heteroatoms. The van der Waals surface area contributed by atoms with Gasteiger partial charge in [-0.15, -0.1) is 0 Å². The molecule has 2 aliphatic heterocycles. The lowest BCUT2D eigenvalue weighted by molar-refractivity contribution is -0.115. The number of hydrogen-bond donors (Lipinski definition) is 2. The summed E-state index contributed by atoms with van der Waals surface area (Å²) in [6.07, 6.45) is 0.407. The Bertz CT molecular complexity index is 534. The second kappa shape index (κ2) is 4.28. The molecule has 18 heavy (non-hydrogen) atoms. The monoisotopic (exact) mass is 265 g/mol. The van der Waals surface area contributed by atoms with E-state index in [9.17, 15) is 9.00 Å². The Hall–Kier alpha value is -1.56. The topological polar surface area (TPSA) is 75.4 Å². The molecule has 96 valence electrons. The number of nitrogen functional groups attached to an aromatic ring is 1. The van der Waals surface area contributed by atoms with Gasteiger partial charge in [0.15, 0.2) is 0 Å². The number of benzene rings is 1. The van der Waals surface area contributed by atoms with Crippen LogP contribution in [-0.4, -0.2) is 34.7 Å². The molecule has 1 amide bonds. The van der Waals surface area contributed by atoms with Crippen LogP contribution in [0.3, 0.4) is 0 Å². The first-order valence-corrected chi connectivity index (χ1v) is 7.44. The van der Waals surface area contributed by atoms with E-state index >= 15 is 0 Å². The summed E-state index contributed by atoms with van der Waals surface area (Å²) in [5, 5.41) is 2.83. The Balaban J connectivity index is 1.91. The molecule has 5 nitrogen and oxygen atoms in total. The van der Waals surface area contributed by atoms with Crippen molar-refractivity contribution in [1.82, 2.24) is 0 Å². The lowest BCUT2D eigenvalue weighted by Crippen LogP contribution is -2.38. The lowest BCUT2D eigenvalue weighted by atomic mass is 10.1. The molecular formula is C12H15N3O2S. The first-order chi connectivity index (χ1) is 8.63. The minimum Gasteiger partial charge on any atom is -0.397 e. The molecule has 0 aromatic heterocycles. The summed E-state index contributed by atoms with van der Waals surface area (Å²) in [5.41, 5.74) is 9.50. The van der Waals surface area contributed by atoms with Crippen molar-refractivity contribution >= 4 is 33.8 Å². The molecule has 0 spiro atoms. The van der Waals surface area contributed by atoms with Gasteiger partial charge >= 0.3 is 0 Å². The van der Waals surface area contributed by atoms with Crippen LogP contribution < -0.4 is 16.0 Å². The highest BCUT2D eigenvalue weighted by Crippen LogP contribution is 2.34. The SMILES string of the molecule is Nc1cc2c(cc1N1CCS(=O)CC1)NC(=O)C2. The third kappa shape index (κ3) is 1.96. The maximum absolute atomic E-state index is 11.4. The van der Waals surface area contributed by atoms with Crippen molar-refractivity contribution in [3.05, 3.63) is 17.7 Å². The standard InChI is InChI=1S/C12H15N3O2S/c13-9-5-8-6-12(16)14-10(8)7-11(9)15-1-3-18(17)4-2-15/h5,7H,1-4,6,13H2,(H,14,16). The van der Waals surface area contributed by atoms with Crippen molar-refractivity contribution in [2.75, 3.05) is 40.5 Å². The number of nitrogens with one attached hydrogen (secondary N) is 1. The predicted molar refractivity (Wildman–Crippen MR) is 73.3 cm³/mol. The number of amides is 1. The maximum Gasteiger partial charge on any atom is 0.228 e. The van der Waals surface area contributed by atoms with Crippen LogP contribution >= 0.6 is 0 Å². The molecule has 0 atom stereocenters. The molecule has 3 rings (SSSR count). The number of nitrogens with zero attached hydrogens (tertiary/aromatic N) is 1. The summed E-state index contributed by atoms with van der Waals surface area (Å²) in [6.45, 7) is 1.51. The van der Waals surface area contributed by atoms with Gasteiger partial charge in [0.2, 0.25) is 5.91 Å². The van der Waals surface area contributed by atoms with Crippen LogP contribution in [0.25, 0.3) is 0 Å². The van der Waals surface area contributed by atoms with Crippen LogP contribution in [-0.2, 0) is 22.0 Å². The quantitative estimate of drug-likeness (QED) is 0.718. The smallest absolute Gasteiger partial charge is 0.228 e. The molecule has 1 aromatic carbocycles. The molecule has 0 radical (unpaired) electrons. The summed E-state index contributed by atoms with van der Waals surface area (Å²) >= 11 is 0. The summed E-state index contributed by atoms with van der Waals surface area (Å²) in [7, 11) is -0.698. The minimum atomic E-state index is -0.698. The zero-order valence-corrected chi connectivity index (χ0v) is 10.8. The van der Waals surface area contributed by atoms with Gasteiger partial charge in [0.1, 0.15) is 0 Å². The van der Waals surface area contributed by atoms with E-state index in [0.717, 1.165) is 30.0 Å². The van der Waals surface area contributed by atoms with E-state index in [1.807, 2.05) is 12.1 Å². The predicted octanol–water partition coefficient (Wildman–Crippen LogP) is 0.332. The summed E-state index contributed by atoms with van der Waals surface area (Å²) in [4.78, 5) is 13.5. The zero-order valence-electron chi connectivity index (χ0n) is 9.94. The second-order valence-electron chi connectivity index (χ2n) is 4.63. The van der Waals surface area contributed by atoms with Gasteiger partial charge in [-0.25, -0.2) is 0 Å². The second-order valence-corrected chi connectivity index (χ2v) is 6.32. The Morgan fingerprint density at radius 1 is 1.28 bits per heavy atom. The highest BCUT2D eigenvalue weighted by Gasteiger charge is 2.23.